The third kappa shape index (κ3) is 4.11. The maximum absolute atomic E-state index is 12.5. The Kier molecular flexibility index (Phi) is 6.05. The minimum atomic E-state index is -0.766. The Balaban J connectivity index is 2.71. The van der Waals surface area contributed by atoms with E-state index in [0.29, 0.717) is 31.8 Å². The fraction of sp³-hybridized carbons (Fsp3) is 0.875. The molecule has 1 rings (SSSR count). The monoisotopic (exact) mass is 298 g/mol. The Labute approximate surface area is 128 Å². The van der Waals surface area contributed by atoms with Crippen molar-refractivity contribution in [3.8, 4) is 0 Å². The predicted molar refractivity (Wildman–Crippen MR) is 83.2 cm³/mol. The lowest BCUT2D eigenvalue weighted by atomic mass is 9.83. The van der Waals surface area contributed by atoms with Crippen LogP contribution < -0.4 is 0 Å². The molecule has 0 aromatic heterocycles. The van der Waals surface area contributed by atoms with Gasteiger partial charge in [0.05, 0.1) is 5.41 Å². The fourth-order valence-electron chi connectivity index (χ4n) is 3.25. The molecule has 1 heterocycles. The van der Waals surface area contributed by atoms with Gasteiger partial charge in [0.1, 0.15) is 0 Å². The highest BCUT2D eigenvalue weighted by atomic mass is 16.4. The largest absolute Gasteiger partial charge is 0.481 e. The van der Waals surface area contributed by atoms with Gasteiger partial charge in [-0.25, -0.2) is 4.79 Å². The first-order chi connectivity index (χ1) is 9.73. The zero-order chi connectivity index (χ0) is 16.2. The van der Waals surface area contributed by atoms with Gasteiger partial charge in [0.15, 0.2) is 0 Å². The lowest BCUT2D eigenvalue weighted by Gasteiger charge is -2.31. The molecule has 2 atom stereocenters. The van der Waals surface area contributed by atoms with Gasteiger partial charge in [0.25, 0.3) is 0 Å². The number of likely N-dealkylation sites (tertiary alicyclic amines) is 1. The zero-order valence-corrected chi connectivity index (χ0v) is 14.1. The zero-order valence-electron chi connectivity index (χ0n) is 14.1. The molecule has 1 aliphatic heterocycles. The van der Waals surface area contributed by atoms with Crippen molar-refractivity contribution in [1.82, 2.24) is 9.80 Å². The third-order valence-corrected chi connectivity index (χ3v) is 4.58. The van der Waals surface area contributed by atoms with Crippen molar-refractivity contribution in [1.29, 1.82) is 0 Å². The molecule has 1 aliphatic rings. The van der Waals surface area contributed by atoms with Gasteiger partial charge in [-0.1, -0.05) is 27.2 Å². The van der Waals surface area contributed by atoms with Crippen LogP contribution >= 0.6 is 0 Å². The molecule has 0 bridgehead atoms. The lowest BCUT2D eigenvalue weighted by molar-refractivity contribution is -0.148. The number of carbonyl (C=O) groups is 2. The van der Waals surface area contributed by atoms with E-state index in [-0.39, 0.29) is 12.1 Å². The van der Waals surface area contributed by atoms with Crippen LogP contribution in [0.2, 0.25) is 0 Å². The number of carbonyl (C=O) groups excluding carboxylic acids is 1. The van der Waals surface area contributed by atoms with E-state index >= 15 is 0 Å². The van der Waals surface area contributed by atoms with Crippen LogP contribution in [0.1, 0.15) is 53.4 Å². The second kappa shape index (κ2) is 7.14. The van der Waals surface area contributed by atoms with Crippen molar-refractivity contribution >= 4 is 12.0 Å². The first-order valence-electron chi connectivity index (χ1n) is 7.98. The molecule has 122 valence electrons. The Morgan fingerprint density at radius 3 is 2.43 bits per heavy atom. The van der Waals surface area contributed by atoms with Gasteiger partial charge in [-0.3, -0.25) is 4.79 Å². The topological polar surface area (TPSA) is 60.9 Å². The molecule has 0 saturated carbocycles. The van der Waals surface area contributed by atoms with Crippen LogP contribution in [-0.4, -0.2) is 53.1 Å². The summed E-state index contributed by atoms with van der Waals surface area (Å²) in [4.78, 5) is 27.6. The van der Waals surface area contributed by atoms with Crippen molar-refractivity contribution in [3.63, 3.8) is 0 Å². The molecule has 1 N–H and O–H groups in total. The molecule has 5 nitrogen and oxygen atoms in total. The Bertz CT molecular complexity index is 384. The van der Waals surface area contributed by atoms with E-state index in [2.05, 4.69) is 13.8 Å². The van der Waals surface area contributed by atoms with Crippen LogP contribution in [0.15, 0.2) is 0 Å². The van der Waals surface area contributed by atoms with Crippen LogP contribution in [0, 0.1) is 11.3 Å². The number of aliphatic carboxylic acids is 1. The standard InChI is InChI=1S/C16H30N2O3/c1-6-7-16(14(19)20)8-9-18(11-16)15(21)17(5)13(4)10-12(2)3/h12-13H,6-11H2,1-5H3,(H,19,20). The van der Waals surface area contributed by atoms with E-state index < -0.39 is 11.4 Å². The third-order valence-electron chi connectivity index (χ3n) is 4.58. The number of carboxylic acids is 1. The van der Waals surface area contributed by atoms with Gasteiger partial charge >= 0.3 is 12.0 Å². The van der Waals surface area contributed by atoms with E-state index in [1.165, 1.54) is 0 Å². The van der Waals surface area contributed by atoms with Gasteiger partial charge in [-0.2, -0.15) is 0 Å². The van der Waals surface area contributed by atoms with Crippen molar-refractivity contribution in [2.75, 3.05) is 20.1 Å². The molecule has 0 aliphatic carbocycles. The molecule has 1 saturated heterocycles. The minimum absolute atomic E-state index is 0.0395. The number of amides is 2. The summed E-state index contributed by atoms with van der Waals surface area (Å²) in [5, 5.41) is 9.51. The molecule has 21 heavy (non-hydrogen) atoms. The Hall–Kier alpha value is -1.26. The van der Waals surface area contributed by atoms with Crippen molar-refractivity contribution in [2.45, 2.75) is 59.4 Å². The molecular formula is C16H30N2O3. The molecule has 2 unspecified atom stereocenters. The van der Waals surface area contributed by atoms with Gasteiger partial charge in [-0.05, 0) is 32.1 Å². The summed E-state index contributed by atoms with van der Waals surface area (Å²) in [6.45, 7) is 9.21. The summed E-state index contributed by atoms with van der Waals surface area (Å²) in [6.07, 6.45) is 2.98. The molecule has 2 amide bonds. The van der Waals surface area contributed by atoms with E-state index in [1.807, 2.05) is 20.9 Å². The Morgan fingerprint density at radius 1 is 1.33 bits per heavy atom. The summed E-state index contributed by atoms with van der Waals surface area (Å²) in [7, 11) is 1.82. The predicted octanol–water partition coefficient (Wildman–Crippen LogP) is 3.05. The van der Waals surface area contributed by atoms with Crippen LogP contribution in [-0.2, 0) is 4.79 Å². The molecular weight excluding hydrogens is 268 g/mol. The average molecular weight is 298 g/mol. The quantitative estimate of drug-likeness (QED) is 0.820. The summed E-state index contributed by atoms with van der Waals surface area (Å²) >= 11 is 0. The minimum Gasteiger partial charge on any atom is -0.481 e. The summed E-state index contributed by atoms with van der Waals surface area (Å²) in [5.74, 6) is -0.232. The van der Waals surface area contributed by atoms with Crippen molar-refractivity contribution < 1.29 is 14.7 Å². The number of carboxylic acid groups (broad SMARTS) is 1. The van der Waals surface area contributed by atoms with Crippen molar-refractivity contribution in [2.24, 2.45) is 11.3 Å². The highest BCUT2D eigenvalue weighted by Crippen LogP contribution is 2.36. The van der Waals surface area contributed by atoms with E-state index in [0.717, 1.165) is 12.8 Å². The van der Waals surface area contributed by atoms with Gasteiger partial charge in [0, 0.05) is 26.2 Å². The lowest BCUT2D eigenvalue weighted by Crippen LogP contribution is -2.46. The van der Waals surface area contributed by atoms with Crippen LogP contribution in [0.4, 0.5) is 4.79 Å². The molecule has 0 aromatic rings. The van der Waals surface area contributed by atoms with Crippen LogP contribution in [0.3, 0.4) is 0 Å². The first kappa shape index (κ1) is 17.8. The number of hydrogen-bond donors (Lipinski definition) is 1. The maximum Gasteiger partial charge on any atom is 0.320 e. The van der Waals surface area contributed by atoms with Gasteiger partial charge in [0.2, 0.25) is 0 Å². The van der Waals surface area contributed by atoms with Gasteiger partial charge in [-0.15, -0.1) is 0 Å². The molecule has 0 radical (unpaired) electrons. The number of rotatable bonds is 6. The second-order valence-electron chi connectivity index (χ2n) is 6.88. The van der Waals surface area contributed by atoms with E-state index in [1.54, 1.807) is 9.80 Å². The molecule has 1 fully saturated rings. The SMILES string of the molecule is CCCC1(C(=O)O)CCN(C(=O)N(C)C(C)CC(C)C)C1. The highest BCUT2D eigenvalue weighted by molar-refractivity contribution is 5.79. The smallest absolute Gasteiger partial charge is 0.320 e. The highest BCUT2D eigenvalue weighted by Gasteiger charge is 2.46. The summed E-state index contributed by atoms with van der Waals surface area (Å²) < 4.78 is 0. The first-order valence-corrected chi connectivity index (χ1v) is 7.98. The average Bonchev–Trinajstić information content (AvgIpc) is 2.82. The number of nitrogens with zero attached hydrogens (tertiary/aromatic N) is 2. The van der Waals surface area contributed by atoms with E-state index in [9.17, 15) is 14.7 Å². The molecule has 5 heteroatoms. The Morgan fingerprint density at radius 2 is 1.95 bits per heavy atom. The normalized spacial score (nSPS) is 23.4. The van der Waals surface area contributed by atoms with Gasteiger partial charge < -0.3 is 14.9 Å². The van der Waals surface area contributed by atoms with Crippen LogP contribution in [0.5, 0.6) is 0 Å². The second-order valence-corrected chi connectivity index (χ2v) is 6.88. The fourth-order valence-corrected chi connectivity index (χ4v) is 3.25. The summed E-state index contributed by atoms with van der Waals surface area (Å²) in [6, 6.07) is 0.130. The summed E-state index contributed by atoms with van der Waals surface area (Å²) in [5.41, 5.74) is -0.744. The number of urea groups is 1. The number of hydrogen-bond acceptors (Lipinski definition) is 2. The maximum atomic E-state index is 12.5. The van der Waals surface area contributed by atoms with E-state index in [4.69, 9.17) is 0 Å². The van der Waals surface area contributed by atoms with Crippen LogP contribution in [0.25, 0.3) is 0 Å². The molecule has 0 aromatic carbocycles. The molecule has 0 spiro atoms. The van der Waals surface area contributed by atoms with Crippen molar-refractivity contribution in [3.05, 3.63) is 0 Å².